The number of likely N-dealkylation sites (N-methyl/N-ethyl adjacent to an activating group) is 2. The Kier molecular flexibility index (Phi) is 24.2. The van der Waals surface area contributed by atoms with Gasteiger partial charge in [0.1, 0.15) is 133 Å². The number of hydrogen-bond acceptors (Lipinski definition) is 30. The molecule has 4 aliphatic heterocycles. The van der Waals surface area contributed by atoms with Crippen LogP contribution in [0.4, 0.5) is 0 Å². The molecule has 4 heterocycles. The first-order valence-corrected chi connectivity index (χ1v) is 27.3. The SMILES string of the molecule is CNC1[C@H](OC2[C@H](O[C@@H]3C(O)[C@H](O)C(N=C(N)N)C(O)[C@@H]3N=C(N)N)O[C@H](C)[C@@]2(O)CNCCCCNCC2(O)[C@H](O[C@@H]3OC(CO)[C@H](O)[C@H](O)C3NC)[C@H](O[C@@H]3C(O)[C@H](O)C(N=C(N)N)C(O)[C@@H]3N=C(N)N)O[C@@H]2C)OC(CO)[C@H](O)[C@@H]1O. The van der Waals surface area contributed by atoms with Crippen LogP contribution in [0.5, 0.6) is 0 Å². The summed E-state index contributed by atoms with van der Waals surface area (Å²) in [6.45, 7) is 1.21. The molecule has 4 saturated heterocycles. The van der Waals surface area contributed by atoms with Gasteiger partial charge in [0.15, 0.2) is 49.0 Å². The predicted octanol–water partition coefficient (Wildman–Crippen LogP) is -15.7. The third-order valence-corrected chi connectivity index (χ3v) is 16.2. The van der Waals surface area contributed by atoms with Crippen LogP contribution >= 0.6 is 0 Å². The van der Waals surface area contributed by atoms with E-state index in [-0.39, 0.29) is 26.2 Å². The van der Waals surface area contributed by atoms with E-state index in [1.54, 1.807) is 0 Å². The third-order valence-electron chi connectivity index (χ3n) is 16.2. The van der Waals surface area contributed by atoms with Gasteiger partial charge in [-0.1, -0.05) is 0 Å². The molecule has 0 amide bonds. The minimum atomic E-state index is -2.08. The van der Waals surface area contributed by atoms with Gasteiger partial charge in [-0.25, -0.2) is 20.0 Å². The van der Waals surface area contributed by atoms with Crippen molar-refractivity contribution in [3.05, 3.63) is 0 Å². The Balaban J connectivity index is 1.18. The zero-order chi connectivity index (χ0) is 62.4. The quantitative estimate of drug-likeness (QED) is 0.0229. The first-order chi connectivity index (χ1) is 39.5. The number of nitrogens with one attached hydrogen (secondary N) is 4. The Hall–Kier alpha value is -3.96. The molecular weight excluding hydrogens is 1130 g/mol. The zero-order valence-corrected chi connectivity index (χ0v) is 46.8. The van der Waals surface area contributed by atoms with E-state index in [0.29, 0.717) is 12.8 Å². The molecule has 6 rings (SSSR count). The average molecular weight is 1220 g/mol. The highest BCUT2D eigenvalue weighted by Crippen LogP contribution is 2.42. The molecule has 0 aromatic heterocycles. The molecule has 0 spiro atoms. The summed E-state index contributed by atoms with van der Waals surface area (Å²) in [5, 5.41) is 168. The van der Waals surface area contributed by atoms with E-state index in [1.165, 1.54) is 27.9 Å². The monoisotopic (exact) mass is 1220 g/mol. The van der Waals surface area contributed by atoms with Crippen molar-refractivity contribution in [3.8, 4) is 0 Å². The van der Waals surface area contributed by atoms with Gasteiger partial charge in [0, 0.05) is 13.1 Å². The first kappa shape index (κ1) is 69.1. The molecule has 30 atom stereocenters. The van der Waals surface area contributed by atoms with Crippen molar-refractivity contribution < 1.29 is 109 Å². The molecule has 34 N–H and O–H groups in total. The minimum absolute atomic E-state index is 0.197. The van der Waals surface area contributed by atoms with Crippen molar-refractivity contribution in [1.29, 1.82) is 0 Å². The van der Waals surface area contributed by atoms with Crippen LogP contribution < -0.4 is 67.1 Å². The van der Waals surface area contributed by atoms with Gasteiger partial charge in [0.25, 0.3) is 0 Å². The largest absolute Gasteiger partial charge is 0.394 e. The van der Waals surface area contributed by atoms with Gasteiger partial charge in [0.2, 0.25) is 0 Å². The van der Waals surface area contributed by atoms with Crippen LogP contribution in [0.2, 0.25) is 0 Å². The summed E-state index contributed by atoms with van der Waals surface area (Å²) < 4.78 is 49.2. The molecular formula is C46H90N16O22. The number of rotatable bonds is 25. The number of nitrogens with two attached hydrogens (primary N) is 8. The average Bonchev–Trinajstić information content (AvgIpc) is 2.26. The van der Waals surface area contributed by atoms with Gasteiger partial charge in [-0.05, 0) is 53.9 Å². The molecule has 2 saturated carbocycles. The van der Waals surface area contributed by atoms with Crippen molar-refractivity contribution in [2.75, 3.05) is 53.5 Å². The lowest BCUT2D eigenvalue weighted by molar-refractivity contribution is -0.316. The van der Waals surface area contributed by atoms with Gasteiger partial charge in [-0.2, -0.15) is 0 Å². The summed E-state index contributed by atoms with van der Waals surface area (Å²) in [4.78, 5) is 15.7. The molecule has 2 aliphatic carbocycles. The van der Waals surface area contributed by atoms with Crippen LogP contribution in [-0.2, 0) is 37.9 Å². The first-order valence-electron chi connectivity index (χ1n) is 27.3. The zero-order valence-electron chi connectivity index (χ0n) is 46.8. The second-order valence-corrected chi connectivity index (χ2v) is 21.8. The number of aliphatic imine (C=N–C) groups is 4. The number of unbranched alkanes of at least 4 members (excludes halogenated alkanes) is 1. The van der Waals surface area contributed by atoms with Crippen LogP contribution in [-0.4, -0.2) is 331 Å². The molecule has 38 nitrogen and oxygen atoms in total. The Morgan fingerprint density at radius 2 is 0.750 bits per heavy atom. The van der Waals surface area contributed by atoms with Crippen molar-refractivity contribution in [1.82, 2.24) is 21.3 Å². The maximum absolute atomic E-state index is 12.6. The molecule has 6 fully saturated rings. The highest BCUT2D eigenvalue weighted by atomic mass is 16.8. The topological polar surface area (TPSA) is 663 Å². The number of aliphatic hydroxyl groups excluding tert-OH is 12. The molecule has 486 valence electrons. The fourth-order valence-corrected chi connectivity index (χ4v) is 11.5. The van der Waals surface area contributed by atoms with E-state index in [9.17, 15) is 71.5 Å². The van der Waals surface area contributed by atoms with E-state index < -0.39 is 220 Å². The Morgan fingerprint density at radius 1 is 0.429 bits per heavy atom. The lowest BCUT2D eigenvalue weighted by Crippen LogP contribution is -2.67. The van der Waals surface area contributed by atoms with Crippen molar-refractivity contribution in [2.45, 2.75) is 209 Å². The number of aliphatic hydroxyl groups is 14. The maximum atomic E-state index is 12.6. The fraction of sp³-hybridized carbons (Fsp3) is 0.913. The van der Waals surface area contributed by atoms with E-state index in [4.69, 9.17) is 83.8 Å². The number of hydrogen-bond donors (Lipinski definition) is 26. The molecule has 6 aliphatic rings. The second kappa shape index (κ2) is 29.4. The third kappa shape index (κ3) is 14.8. The van der Waals surface area contributed by atoms with E-state index >= 15 is 0 Å². The standard InChI is InChI=1S/C46H90N16O22/c1-13-45(75,35(83-37-21(55-3)29(71)23(65)15(9-63)79-37)39(77-13)81-33-19(61-43(51)52)25(67)17(59-41(47)48)27(69)31(33)73)11-57-7-5-6-8-58-12-46(76)14(2)78-40(36(46)84-38-22(56-4)30(72)24(66)16(10-64)80-38)82-34-20(62-44(53)54)26(68)18(60-42(49)50)28(70)32(34)74/h13-40,55-58,63-76H,5-12H2,1-4H3,(H4,47,48,59)(H4,49,50,60)(H4,51,52,61)(H4,53,54,62)/t13-,14-,15?,16?,17?,18?,19+,20+,21?,22?,23+,24+,25?,26?,27-,28-,29-,30-,31?,32?,33+,34+,35-,36?,37+,38+,39+,40+,45?,46+/m1/s1. The highest BCUT2D eigenvalue weighted by molar-refractivity contribution is 5.77. The Bertz CT molecular complexity index is 2070. The molecule has 0 bridgehead atoms. The van der Waals surface area contributed by atoms with Crippen molar-refractivity contribution in [3.63, 3.8) is 0 Å². The summed E-state index contributed by atoms with van der Waals surface area (Å²) in [5.41, 5.74) is 40.8. The van der Waals surface area contributed by atoms with E-state index in [2.05, 4.69) is 41.2 Å². The number of nitrogens with zero attached hydrogens (tertiary/aromatic N) is 4. The Morgan fingerprint density at radius 3 is 1.05 bits per heavy atom. The number of ether oxygens (including phenoxy) is 8. The molecule has 38 heteroatoms. The van der Waals surface area contributed by atoms with Gasteiger partial charge >= 0.3 is 0 Å². The van der Waals surface area contributed by atoms with Crippen LogP contribution in [0.25, 0.3) is 0 Å². The van der Waals surface area contributed by atoms with Crippen LogP contribution in [0, 0.1) is 0 Å². The summed E-state index contributed by atoms with van der Waals surface area (Å²) in [6.07, 6.45) is -34.9. The summed E-state index contributed by atoms with van der Waals surface area (Å²) >= 11 is 0. The van der Waals surface area contributed by atoms with Gasteiger partial charge < -0.3 is 177 Å². The molecule has 0 aromatic carbocycles. The lowest BCUT2D eigenvalue weighted by Gasteiger charge is -2.46. The minimum Gasteiger partial charge on any atom is -0.394 e. The van der Waals surface area contributed by atoms with Gasteiger partial charge in [-0.15, -0.1) is 0 Å². The summed E-state index contributed by atoms with van der Waals surface area (Å²) in [7, 11) is 2.86. The summed E-state index contributed by atoms with van der Waals surface area (Å²) in [5.74, 6) is -2.22. The highest BCUT2D eigenvalue weighted by Gasteiger charge is 2.63. The van der Waals surface area contributed by atoms with Crippen LogP contribution in [0.3, 0.4) is 0 Å². The van der Waals surface area contributed by atoms with Gasteiger partial charge in [-0.3, -0.25) is 0 Å². The van der Waals surface area contributed by atoms with E-state index in [1.807, 2.05) is 0 Å². The van der Waals surface area contributed by atoms with Crippen molar-refractivity contribution in [2.24, 2.45) is 65.8 Å². The van der Waals surface area contributed by atoms with E-state index in [0.717, 1.165) is 0 Å². The van der Waals surface area contributed by atoms with Crippen LogP contribution in [0.15, 0.2) is 20.0 Å². The second-order valence-electron chi connectivity index (χ2n) is 21.8. The molecule has 84 heavy (non-hydrogen) atoms. The van der Waals surface area contributed by atoms with Crippen molar-refractivity contribution >= 4 is 23.8 Å². The summed E-state index contributed by atoms with van der Waals surface area (Å²) in [6, 6.07) is -8.59. The van der Waals surface area contributed by atoms with Gasteiger partial charge in [0.05, 0.1) is 37.5 Å². The number of guanidine groups is 4. The molecule has 0 radical (unpaired) electrons. The predicted molar refractivity (Wildman–Crippen MR) is 289 cm³/mol. The fourth-order valence-electron chi connectivity index (χ4n) is 11.5. The maximum Gasteiger partial charge on any atom is 0.187 e. The van der Waals surface area contributed by atoms with Crippen LogP contribution in [0.1, 0.15) is 26.7 Å². The Labute approximate surface area is 482 Å². The molecule has 0 aromatic rings. The normalized spacial score (nSPS) is 46.1. The smallest absolute Gasteiger partial charge is 0.187 e. The lowest BCUT2D eigenvalue weighted by atomic mass is 9.81. The molecule has 12 unspecified atom stereocenters.